The lowest BCUT2D eigenvalue weighted by atomic mass is 9.71. The third-order valence-corrected chi connectivity index (χ3v) is 7.04. The highest BCUT2D eigenvalue weighted by molar-refractivity contribution is 6.04. The van der Waals surface area contributed by atoms with Crippen LogP contribution in [0.25, 0.3) is 0 Å². The van der Waals surface area contributed by atoms with Gasteiger partial charge >= 0.3 is 5.97 Å². The van der Waals surface area contributed by atoms with Gasteiger partial charge in [0.2, 0.25) is 0 Å². The third-order valence-electron chi connectivity index (χ3n) is 7.04. The van der Waals surface area contributed by atoms with E-state index >= 15 is 0 Å². The maximum absolute atomic E-state index is 13.8. The fourth-order valence-corrected chi connectivity index (χ4v) is 5.37. The second-order valence-corrected chi connectivity index (χ2v) is 9.42. The number of benzene rings is 3. The fraction of sp³-hybridized carbons (Fsp3) is 0.226. The molecule has 0 spiro atoms. The zero-order valence-corrected chi connectivity index (χ0v) is 20.9. The highest BCUT2D eigenvalue weighted by Crippen LogP contribution is 2.47. The number of methoxy groups -OCH3 is 1. The first-order valence-corrected chi connectivity index (χ1v) is 12.3. The molecule has 6 nitrogen and oxygen atoms in total. The molecular weight excluding hydrogens is 466 g/mol. The van der Waals surface area contributed by atoms with Gasteiger partial charge in [0.05, 0.1) is 12.7 Å². The van der Waals surface area contributed by atoms with Crippen molar-refractivity contribution < 1.29 is 24.2 Å². The molecule has 1 heterocycles. The Labute approximate surface area is 216 Å². The SMILES string of the molecule is COc1ccccc1[C@H]1CC(=O)C2=C(C1)NC(C)=C(C(=O)OCc1ccccc1)[C@H]2c1cccc(O)c1. The van der Waals surface area contributed by atoms with E-state index in [1.807, 2.05) is 67.6 Å². The van der Waals surface area contributed by atoms with Crippen LogP contribution in [-0.4, -0.2) is 24.0 Å². The molecule has 1 aliphatic carbocycles. The predicted octanol–water partition coefficient (Wildman–Crippen LogP) is 5.51. The minimum atomic E-state index is -0.641. The summed E-state index contributed by atoms with van der Waals surface area (Å²) < 4.78 is 11.3. The van der Waals surface area contributed by atoms with E-state index in [2.05, 4.69) is 5.32 Å². The number of phenols is 1. The highest BCUT2D eigenvalue weighted by atomic mass is 16.5. The molecular formula is C31H29NO5. The van der Waals surface area contributed by atoms with Gasteiger partial charge in [0.15, 0.2) is 5.78 Å². The Kier molecular flexibility index (Phi) is 6.82. The standard InChI is InChI=1S/C31H29NO5/c1-19-28(31(35)37-18-20-9-4-3-5-10-20)29(21-11-8-12-23(33)15-21)30-25(32-19)16-22(17-26(30)34)24-13-6-7-14-27(24)36-2/h3-15,22,29,32-33H,16-18H2,1-2H3/t22-,29-/m1/s1. The molecule has 2 aliphatic rings. The molecule has 3 aromatic rings. The van der Waals surface area contributed by atoms with Crippen LogP contribution in [-0.2, 0) is 20.9 Å². The Morgan fingerprint density at radius 3 is 2.51 bits per heavy atom. The van der Waals surface area contributed by atoms with Crippen LogP contribution in [0.3, 0.4) is 0 Å². The average Bonchev–Trinajstić information content (AvgIpc) is 2.91. The molecule has 0 amide bonds. The van der Waals surface area contributed by atoms with E-state index in [1.54, 1.807) is 25.3 Å². The number of phenolic OH excluding ortho intramolecular Hbond substituents is 1. The number of hydrogen-bond donors (Lipinski definition) is 2. The number of carbonyl (C=O) groups excluding carboxylic acids is 2. The summed E-state index contributed by atoms with van der Waals surface area (Å²) in [6, 6.07) is 24.0. The predicted molar refractivity (Wildman–Crippen MR) is 140 cm³/mol. The van der Waals surface area contributed by atoms with Crippen LogP contribution in [0.4, 0.5) is 0 Å². The lowest BCUT2D eigenvalue weighted by Gasteiger charge is -2.37. The summed E-state index contributed by atoms with van der Waals surface area (Å²) >= 11 is 0. The van der Waals surface area contributed by atoms with Gasteiger partial charge in [-0.3, -0.25) is 4.79 Å². The summed E-state index contributed by atoms with van der Waals surface area (Å²) in [5, 5.41) is 13.6. The van der Waals surface area contributed by atoms with Crippen molar-refractivity contribution in [2.75, 3.05) is 7.11 Å². The molecule has 3 aromatic carbocycles. The van der Waals surface area contributed by atoms with Gasteiger partial charge < -0.3 is 19.9 Å². The van der Waals surface area contributed by atoms with Crippen LogP contribution in [0, 0.1) is 0 Å². The van der Waals surface area contributed by atoms with Gasteiger partial charge in [-0.2, -0.15) is 0 Å². The second kappa shape index (κ2) is 10.3. The van der Waals surface area contributed by atoms with E-state index in [4.69, 9.17) is 9.47 Å². The molecule has 0 fully saturated rings. The molecule has 5 rings (SSSR count). The summed E-state index contributed by atoms with van der Waals surface area (Å²) in [5.41, 5.74) is 4.88. The summed E-state index contributed by atoms with van der Waals surface area (Å²) in [7, 11) is 1.63. The van der Waals surface area contributed by atoms with Crippen molar-refractivity contribution >= 4 is 11.8 Å². The smallest absolute Gasteiger partial charge is 0.337 e. The first-order valence-electron chi connectivity index (χ1n) is 12.3. The minimum Gasteiger partial charge on any atom is -0.508 e. The van der Waals surface area contributed by atoms with Crippen molar-refractivity contribution in [1.82, 2.24) is 5.32 Å². The van der Waals surface area contributed by atoms with Crippen molar-refractivity contribution in [1.29, 1.82) is 0 Å². The van der Waals surface area contributed by atoms with Crippen molar-refractivity contribution in [3.63, 3.8) is 0 Å². The number of rotatable bonds is 6. The third kappa shape index (κ3) is 4.87. The lowest BCUT2D eigenvalue weighted by Crippen LogP contribution is -2.36. The molecule has 0 aromatic heterocycles. The Balaban J connectivity index is 1.53. The van der Waals surface area contributed by atoms with Gasteiger partial charge in [-0.15, -0.1) is 0 Å². The molecule has 0 radical (unpaired) electrons. The number of aromatic hydroxyl groups is 1. The Morgan fingerprint density at radius 2 is 1.76 bits per heavy atom. The van der Waals surface area contributed by atoms with Crippen molar-refractivity contribution in [3.8, 4) is 11.5 Å². The zero-order chi connectivity index (χ0) is 25.9. The van der Waals surface area contributed by atoms with E-state index in [-0.39, 0.29) is 24.1 Å². The van der Waals surface area contributed by atoms with Crippen molar-refractivity contribution in [2.45, 2.75) is 38.2 Å². The number of ether oxygens (including phenoxy) is 2. The van der Waals surface area contributed by atoms with Crippen LogP contribution in [0.5, 0.6) is 11.5 Å². The van der Waals surface area contributed by atoms with Crippen LogP contribution < -0.4 is 10.1 Å². The van der Waals surface area contributed by atoms with Crippen molar-refractivity contribution in [3.05, 3.63) is 118 Å². The molecule has 2 atom stereocenters. The zero-order valence-electron chi connectivity index (χ0n) is 20.9. The van der Waals surface area contributed by atoms with E-state index in [1.165, 1.54) is 0 Å². The normalized spacial score (nSPS) is 19.2. The number of carbonyl (C=O) groups is 2. The molecule has 188 valence electrons. The topological polar surface area (TPSA) is 84.9 Å². The largest absolute Gasteiger partial charge is 0.508 e. The molecule has 1 aliphatic heterocycles. The molecule has 0 saturated carbocycles. The number of ketones is 1. The number of allylic oxidation sites excluding steroid dienone is 3. The van der Waals surface area contributed by atoms with Crippen LogP contribution in [0.1, 0.15) is 48.3 Å². The van der Waals surface area contributed by atoms with E-state index < -0.39 is 11.9 Å². The number of nitrogens with one attached hydrogen (secondary N) is 1. The molecule has 2 N–H and O–H groups in total. The quantitative estimate of drug-likeness (QED) is 0.439. The molecule has 6 heteroatoms. The molecule has 0 saturated heterocycles. The Morgan fingerprint density at radius 1 is 1.00 bits per heavy atom. The van der Waals surface area contributed by atoms with E-state index in [0.717, 1.165) is 22.6 Å². The Bertz CT molecular complexity index is 1410. The number of para-hydroxylation sites is 1. The van der Waals surface area contributed by atoms with Gasteiger partial charge in [-0.25, -0.2) is 4.79 Å². The van der Waals surface area contributed by atoms with E-state index in [9.17, 15) is 14.7 Å². The maximum Gasteiger partial charge on any atom is 0.337 e. The van der Waals surface area contributed by atoms with Crippen LogP contribution in [0.15, 0.2) is 101 Å². The summed E-state index contributed by atoms with van der Waals surface area (Å²) in [6.45, 7) is 1.95. The van der Waals surface area contributed by atoms with Gasteiger partial charge in [-0.1, -0.05) is 60.7 Å². The van der Waals surface area contributed by atoms with Crippen molar-refractivity contribution in [2.24, 2.45) is 0 Å². The maximum atomic E-state index is 13.8. The van der Waals surface area contributed by atoms with Crippen LogP contribution in [0.2, 0.25) is 0 Å². The van der Waals surface area contributed by atoms with Gasteiger partial charge in [0, 0.05) is 35.2 Å². The number of hydrogen-bond acceptors (Lipinski definition) is 6. The summed E-state index contributed by atoms with van der Waals surface area (Å²) in [4.78, 5) is 27.2. The highest BCUT2D eigenvalue weighted by Gasteiger charge is 2.42. The number of Topliss-reactive ketones (excluding diaryl/α,β-unsaturated/α-hetero) is 1. The first-order chi connectivity index (χ1) is 18.0. The number of esters is 1. The van der Waals surface area contributed by atoms with Gasteiger partial charge in [0.25, 0.3) is 0 Å². The van der Waals surface area contributed by atoms with Crippen LogP contribution >= 0.6 is 0 Å². The first kappa shape index (κ1) is 24.4. The Hall–Kier alpha value is -4.32. The molecule has 0 unspecified atom stereocenters. The number of dihydropyridines is 1. The summed E-state index contributed by atoms with van der Waals surface area (Å²) in [5.74, 6) is -0.408. The van der Waals surface area contributed by atoms with Gasteiger partial charge in [-0.05, 0) is 48.2 Å². The second-order valence-electron chi connectivity index (χ2n) is 9.42. The lowest BCUT2D eigenvalue weighted by molar-refractivity contribution is -0.140. The molecule has 0 bridgehead atoms. The fourth-order valence-electron chi connectivity index (χ4n) is 5.37. The summed E-state index contributed by atoms with van der Waals surface area (Å²) in [6.07, 6.45) is 0.891. The molecule has 37 heavy (non-hydrogen) atoms. The minimum absolute atomic E-state index is 0.0427. The van der Waals surface area contributed by atoms with Gasteiger partial charge in [0.1, 0.15) is 18.1 Å². The average molecular weight is 496 g/mol. The monoisotopic (exact) mass is 495 g/mol. The van der Waals surface area contributed by atoms with E-state index in [0.29, 0.717) is 35.2 Å².